The third-order valence-corrected chi connectivity index (χ3v) is 2.89. The molecule has 1 atom stereocenters. The fourth-order valence-corrected chi connectivity index (χ4v) is 1.67. The van der Waals surface area contributed by atoms with E-state index in [9.17, 15) is 4.79 Å². The van der Waals surface area contributed by atoms with Gasteiger partial charge in [-0.05, 0) is 19.8 Å². The normalized spacial score (nSPS) is 11.7. The number of carboxylic acid groups (broad SMARTS) is 1. The van der Waals surface area contributed by atoms with Crippen LogP contribution in [-0.4, -0.2) is 44.3 Å². The van der Waals surface area contributed by atoms with Gasteiger partial charge in [-0.15, -0.1) is 5.92 Å². The monoisotopic (exact) mass is 300 g/mol. The van der Waals surface area contributed by atoms with E-state index in [1.165, 1.54) is 0 Å². The van der Waals surface area contributed by atoms with Gasteiger partial charge in [-0.1, -0.05) is 25.2 Å². The Morgan fingerprint density at radius 1 is 1.14 bits per heavy atom. The molecule has 0 amide bonds. The lowest BCUT2D eigenvalue weighted by Gasteiger charge is -2.12. The Hall–Kier alpha value is -1.09. The van der Waals surface area contributed by atoms with E-state index in [-0.39, 0.29) is 12.5 Å². The molecule has 0 aromatic heterocycles. The summed E-state index contributed by atoms with van der Waals surface area (Å²) < 4.78 is 15.6. The van der Waals surface area contributed by atoms with Crippen molar-refractivity contribution >= 4 is 5.97 Å². The zero-order valence-electron chi connectivity index (χ0n) is 13.2. The number of aliphatic carboxylic acids is 1. The molecule has 1 N–H and O–H groups in total. The number of ether oxygens (including phenoxy) is 3. The molecule has 0 bridgehead atoms. The minimum absolute atomic E-state index is 0.0543. The smallest absolute Gasteiger partial charge is 0.315 e. The maximum Gasteiger partial charge on any atom is 0.315 e. The van der Waals surface area contributed by atoms with Crippen LogP contribution >= 0.6 is 0 Å². The number of unbranched alkanes of at least 4 members (excludes halogenated alkanes) is 4. The van der Waals surface area contributed by atoms with E-state index in [1.807, 2.05) is 0 Å². The summed E-state index contributed by atoms with van der Waals surface area (Å²) in [4.78, 5) is 10.2. The van der Waals surface area contributed by atoms with Crippen LogP contribution in [0.5, 0.6) is 0 Å². The summed E-state index contributed by atoms with van der Waals surface area (Å²) in [5, 5.41) is 8.41. The van der Waals surface area contributed by atoms with Gasteiger partial charge < -0.3 is 19.3 Å². The molecule has 0 unspecified atom stereocenters. The summed E-state index contributed by atoms with van der Waals surface area (Å²) >= 11 is 0. The van der Waals surface area contributed by atoms with E-state index < -0.39 is 5.97 Å². The molecule has 0 fully saturated rings. The van der Waals surface area contributed by atoms with Gasteiger partial charge in [0.15, 0.2) is 0 Å². The highest BCUT2D eigenvalue weighted by molar-refractivity contribution is 5.69. The molecule has 5 nitrogen and oxygen atoms in total. The fraction of sp³-hybridized carbons (Fsp3) is 0.812. The van der Waals surface area contributed by atoms with Crippen molar-refractivity contribution in [2.45, 2.75) is 58.0 Å². The molecular weight excluding hydrogens is 272 g/mol. The first kappa shape index (κ1) is 19.9. The maximum atomic E-state index is 10.2. The Morgan fingerprint density at radius 3 is 2.62 bits per heavy atom. The van der Waals surface area contributed by atoms with Gasteiger partial charge in [0.05, 0.1) is 19.3 Å². The van der Waals surface area contributed by atoms with Crippen molar-refractivity contribution in [2.24, 2.45) is 0 Å². The minimum Gasteiger partial charge on any atom is -0.481 e. The van der Waals surface area contributed by atoms with Crippen LogP contribution in [0.1, 0.15) is 51.9 Å². The number of methoxy groups -OCH3 is 1. The second kappa shape index (κ2) is 15.3. The van der Waals surface area contributed by atoms with Crippen molar-refractivity contribution < 1.29 is 24.1 Å². The molecule has 0 rings (SSSR count). The molecule has 0 radical (unpaired) electrons. The molecule has 0 aliphatic heterocycles. The van der Waals surface area contributed by atoms with Crippen LogP contribution in [0.3, 0.4) is 0 Å². The highest BCUT2D eigenvalue weighted by Gasteiger charge is 2.01. The van der Waals surface area contributed by atoms with Crippen LogP contribution in [0.15, 0.2) is 0 Å². The lowest BCUT2D eigenvalue weighted by molar-refractivity contribution is -0.135. The summed E-state index contributed by atoms with van der Waals surface area (Å²) in [7, 11) is 1.64. The average molecular weight is 300 g/mol. The first-order valence-corrected chi connectivity index (χ1v) is 7.52. The maximum absolute atomic E-state index is 10.2. The largest absolute Gasteiger partial charge is 0.481 e. The van der Waals surface area contributed by atoms with Gasteiger partial charge in [-0.3, -0.25) is 4.79 Å². The summed E-state index contributed by atoms with van der Waals surface area (Å²) in [5.41, 5.74) is 0. The van der Waals surface area contributed by atoms with E-state index in [1.54, 1.807) is 7.11 Å². The minimum atomic E-state index is -0.859. The van der Waals surface area contributed by atoms with Crippen LogP contribution in [0.4, 0.5) is 0 Å². The molecule has 5 heteroatoms. The molecule has 0 saturated carbocycles. The van der Waals surface area contributed by atoms with Crippen LogP contribution < -0.4 is 0 Å². The number of carboxylic acids is 1. The van der Waals surface area contributed by atoms with Crippen LogP contribution in [-0.2, 0) is 19.0 Å². The Bertz CT molecular complexity index is 306. The highest BCUT2D eigenvalue weighted by Crippen LogP contribution is 2.09. The molecule has 0 aliphatic carbocycles. The molecule has 21 heavy (non-hydrogen) atoms. The van der Waals surface area contributed by atoms with Crippen molar-refractivity contribution in [1.29, 1.82) is 0 Å². The zero-order valence-corrected chi connectivity index (χ0v) is 13.2. The van der Waals surface area contributed by atoms with Crippen molar-refractivity contribution in [2.75, 3.05) is 27.1 Å². The van der Waals surface area contributed by atoms with E-state index in [2.05, 4.69) is 18.8 Å². The zero-order chi connectivity index (χ0) is 15.8. The summed E-state index contributed by atoms with van der Waals surface area (Å²) in [6, 6.07) is 0. The fourth-order valence-electron chi connectivity index (χ4n) is 1.67. The number of rotatable bonds is 13. The molecule has 0 aromatic carbocycles. The third-order valence-electron chi connectivity index (χ3n) is 2.89. The van der Waals surface area contributed by atoms with Crippen molar-refractivity contribution in [3.63, 3.8) is 0 Å². The van der Waals surface area contributed by atoms with Crippen molar-refractivity contribution in [3.8, 4) is 11.8 Å². The highest BCUT2D eigenvalue weighted by atomic mass is 16.7. The second-order valence-corrected chi connectivity index (χ2v) is 4.87. The molecule has 0 aromatic rings. The van der Waals surface area contributed by atoms with Crippen LogP contribution in [0.2, 0.25) is 0 Å². The van der Waals surface area contributed by atoms with Crippen molar-refractivity contribution in [1.82, 2.24) is 0 Å². The van der Waals surface area contributed by atoms with Gasteiger partial charge in [-0.2, -0.15) is 0 Å². The predicted octanol–water partition coefficient (Wildman–Crippen LogP) is 2.83. The van der Waals surface area contributed by atoms with Crippen molar-refractivity contribution in [3.05, 3.63) is 0 Å². The predicted molar refractivity (Wildman–Crippen MR) is 81.0 cm³/mol. The van der Waals surface area contributed by atoms with E-state index in [4.69, 9.17) is 19.3 Å². The molecule has 0 saturated heterocycles. The second-order valence-electron chi connectivity index (χ2n) is 4.87. The Kier molecular flexibility index (Phi) is 14.5. The number of hydrogen-bond acceptors (Lipinski definition) is 4. The molecule has 122 valence electrons. The Balaban J connectivity index is 3.26. The molecule has 0 aliphatic rings. The van der Waals surface area contributed by atoms with E-state index in [0.29, 0.717) is 20.0 Å². The molecule has 0 spiro atoms. The first-order valence-electron chi connectivity index (χ1n) is 7.52. The first-order chi connectivity index (χ1) is 10.2. The number of carbonyl (C=O) groups is 1. The van der Waals surface area contributed by atoms with Gasteiger partial charge in [0.25, 0.3) is 0 Å². The number of hydrogen-bond donors (Lipinski definition) is 1. The van der Waals surface area contributed by atoms with Crippen LogP contribution in [0, 0.1) is 11.8 Å². The van der Waals surface area contributed by atoms with Gasteiger partial charge >= 0.3 is 5.97 Å². The molecular formula is C16H28O5. The standard InChI is InChI=1S/C16H28O5/c1-15(21-14-20-13-12-19-2)10-8-6-4-3-5-7-9-11-16(17)18/h15H,3-6,8,10-14H2,1-2H3,(H,17,18)/t15-/m0/s1. The van der Waals surface area contributed by atoms with E-state index >= 15 is 0 Å². The van der Waals surface area contributed by atoms with Gasteiger partial charge in [0.1, 0.15) is 13.2 Å². The molecule has 0 heterocycles. The summed E-state index contributed by atoms with van der Waals surface area (Å²) in [6.07, 6.45) is 6.40. The van der Waals surface area contributed by atoms with Gasteiger partial charge in [-0.25, -0.2) is 0 Å². The SMILES string of the molecule is COCCOCO[C@@H](C)CCCCCCC#CCC(=O)O. The van der Waals surface area contributed by atoms with E-state index in [0.717, 1.165) is 38.5 Å². The Morgan fingerprint density at radius 2 is 1.90 bits per heavy atom. The van der Waals surface area contributed by atoms with Crippen LogP contribution in [0.25, 0.3) is 0 Å². The average Bonchev–Trinajstić information content (AvgIpc) is 2.45. The third kappa shape index (κ3) is 16.9. The topological polar surface area (TPSA) is 65.0 Å². The Labute approximate surface area is 128 Å². The lowest BCUT2D eigenvalue weighted by atomic mass is 10.1. The van der Waals surface area contributed by atoms with Gasteiger partial charge in [0, 0.05) is 13.5 Å². The quantitative estimate of drug-likeness (QED) is 0.322. The summed E-state index contributed by atoms with van der Waals surface area (Å²) in [6.45, 7) is 3.53. The van der Waals surface area contributed by atoms with Gasteiger partial charge in [0.2, 0.25) is 0 Å². The summed E-state index contributed by atoms with van der Waals surface area (Å²) in [5.74, 6) is 4.66. The lowest BCUT2D eigenvalue weighted by Crippen LogP contribution is -2.13.